The zero-order valence-corrected chi connectivity index (χ0v) is 13.8. The minimum absolute atomic E-state index is 0.457. The third-order valence-corrected chi connectivity index (χ3v) is 4.37. The van der Waals surface area contributed by atoms with Crippen LogP contribution in [0.15, 0.2) is 42.5 Å². The van der Waals surface area contributed by atoms with Crippen LogP contribution in [0, 0.1) is 6.92 Å². The summed E-state index contributed by atoms with van der Waals surface area (Å²) < 4.78 is 0. The molecule has 2 amide bonds. The van der Waals surface area contributed by atoms with E-state index in [2.05, 4.69) is 10.6 Å². The first kappa shape index (κ1) is 16.5. The highest BCUT2D eigenvalue weighted by Crippen LogP contribution is 2.31. The molecule has 0 fully saturated rings. The van der Waals surface area contributed by atoms with Crippen molar-refractivity contribution in [1.82, 2.24) is 5.32 Å². The van der Waals surface area contributed by atoms with Crippen LogP contribution in [0.4, 0.5) is 5.69 Å². The molecule has 0 aromatic heterocycles. The average molecular weight is 345 g/mol. The molecule has 2 aromatic carbocycles. The van der Waals surface area contributed by atoms with E-state index in [-0.39, 0.29) is 0 Å². The Balaban J connectivity index is 1.70. The molecule has 2 atom stereocenters. The maximum Gasteiger partial charge on any atom is 0.313 e. The van der Waals surface area contributed by atoms with Gasteiger partial charge in [-0.25, -0.2) is 0 Å². The number of aliphatic hydroxyl groups excluding tert-OH is 1. The van der Waals surface area contributed by atoms with Gasteiger partial charge in [0, 0.05) is 17.1 Å². The minimum atomic E-state index is -0.787. The number of halogens is 1. The van der Waals surface area contributed by atoms with Gasteiger partial charge in [-0.1, -0.05) is 35.9 Å². The van der Waals surface area contributed by atoms with E-state index in [0.29, 0.717) is 17.1 Å². The van der Waals surface area contributed by atoms with Gasteiger partial charge in [0.05, 0.1) is 12.1 Å². The van der Waals surface area contributed by atoms with Gasteiger partial charge in [-0.2, -0.15) is 0 Å². The molecule has 0 saturated carbocycles. The smallest absolute Gasteiger partial charge is 0.313 e. The highest BCUT2D eigenvalue weighted by molar-refractivity contribution is 6.39. The number of hydrogen-bond donors (Lipinski definition) is 3. The normalized spacial score (nSPS) is 18.8. The number of aliphatic hydroxyl groups is 1. The Bertz CT molecular complexity index is 807. The van der Waals surface area contributed by atoms with Gasteiger partial charge in [-0.3, -0.25) is 9.59 Å². The fourth-order valence-electron chi connectivity index (χ4n) is 2.90. The van der Waals surface area contributed by atoms with Gasteiger partial charge >= 0.3 is 11.8 Å². The Morgan fingerprint density at radius 3 is 2.67 bits per heavy atom. The molecule has 0 bridgehead atoms. The lowest BCUT2D eigenvalue weighted by molar-refractivity contribution is -0.137. The molecule has 0 radical (unpaired) electrons. The van der Waals surface area contributed by atoms with Crippen LogP contribution in [0.1, 0.15) is 22.7 Å². The van der Waals surface area contributed by atoms with E-state index in [1.54, 1.807) is 25.1 Å². The molecule has 0 heterocycles. The Morgan fingerprint density at radius 1 is 1.17 bits per heavy atom. The van der Waals surface area contributed by atoms with Crippen molar-refractivity contribution in [2.45, 2.75) is 25.5 Å². The molecule has 5 nitrogen and oxygen atoms in total. The Hall–Kier alpha value is -2.37. The second kappa shape index (κ2) is 6.63. The quantitative estimate of drug-likeness (QED) is 0.732. The summed E-state index contributed by atoms with van der Waals surface area (Å²) in [5.41, 5.74) is 3.10. The van der Waals surface area contributed by atoms with E-state index in [4.69, 9.17) is 11.6 Å². The lowest BCUT2D eigenvalue weighted by atomic mass is 10.1. The van der Waals surface area contributed by atoms with Crippen LogP contribution >= 0.6 is 11.6 Å². The first-order valence-corrected chi connectivity index (χ1v) is 7.97. The number of hydrogen-bond acceptors (Lipinski definition) is 3. The molecule has 0 aliphatic heterocycles. The maximum absolute atomic E-state index is 12.2. The number of carbonyl (C=O) groups excluding carboxylic acids is 2. The number of rotatable bonds is 2. The van der Waals surface area contributed by atoms with Gasteiger partial charge in [-0.05, 0) is 41.8 Å². The van der Waals surface area contributed by atoms with E-state index in [9.17, 15) is 14.7 Å². The highest BCUT2D eigenvalue weighted by atomic mass is 35.5. The van der Waals surface area contributed by atoms with Gasteiger partial charge in [0.25, 0.3) is 0 Å². The van der Waals surface area contributed by atoms with Crippen molar-refractivity contribution in [3.8, 4) is 0 Å². The number of carbonyl (C=O) groups is 2. The average Bonchev–Trinajstić information content (AvgIpc) is 2.86. The molecular weight excluding hydrogens is 328 g/mol. The van der Waals surface area contributed by atoms with Crippen LogP contribution in [-0.4, -0.2) is 23.0 Å². The van der Waals surface area contributed by atoms with Gasteiger partial charge < -0.3 is 15.7 Å². The summed E-state index contributed by atoms with van der Waals surface area (Å²) in [7, 11) is 0. The van der Waals surface area contributed by atoms with Crippen molar-refractivity contribution < 1.29 is 14.7 Å². The summed E-state index contributed by atoms with van der Waals surface area (Å²) in [4.78, 5) is 24.3. The molecule has 24 heavy (non-hydrogen) atoms. The van der Waals surface area contributed by atoms with Gasteiger partial charge in [0.1, 0.15) is 0 Å². The number of fused-ring (bicyclic) bond motifs is 1. The predicted octanol–water partition coefficient (Wildman–Crippen LogP) is 2.36. The minimum Gasteiger partial charge on any atom is -0.390 e. The third-order valence-electron chi connectivity index (χ3n) is 4.13. The first-order valence-electron chi connectivity index (χ1n) is 7.59. The number of nitrogens with one attached hydrogen (secondary N) is 2. The molecular formula is C18H17ClN2O3. The molecule has 1 aliphatic rings. The van der Waals surface area contributed by atoms with Crippen molar-refractivity contribution in [1.29, 1.82) is 0 Å². The molecule has 6 heteroatoms. The van der Waals surface area contributed by atoms with Crippen LogP contribution in [0.5, 0.6) is 0 Å². The van der Waals surface area contributed by atoms with Crippen molar-refractivity contribution >= 4 is 29.1 Å². The zero-order chi connectivity index (χ0) is 17.3. The molecule has 0 saturated heterocycles. The van der Waals surface area contributed by atoms with Crippen molar-refractivity contribution in [2.24, 2.45) is 0 Å². The fourth-order valence-corrected chi connectivity index (χ4v) is 3.13. The summed E-state index contributed by atoms with van der Waals surface area (Å²) in [5.74, 6) is -1.57. The van der Waals surface area contributed by atoms with Crippen LogP contribution in [-0.2, 0) is 16.0 Å². The van der Waals surface area contributed by atoms with Gasteiger partial charge in [0.15, 0.2) is 0 Å². The monoisotopic (exact) mass is 344 g/mol. The van der Waals surface area contributed by atoms with Crippen molar-refractivity contribution in [2.75, 3.05) is 5.32 Å². The Morgan fingerprint density at radius 2 is 1.92 bits per heavy atom. The van der Waals surface area contributed by atoms with E-state index >= 15 is 0 Å². The summed E-state index contributed by atoms with van der Waals surface area (Å²) in [6.45, 7) is 1.79. The maximum atomic E-state index is 12.2. The molecule has 2 aromatic rings. The van der Waals surface area contributed by atoms with E-state index in [0.717, 1.165) is 16.7 Å². The van der Waals surface area contributed by atoms with E-state index in [1.165, 1.54) is 0 Å². The van der Waals surface area contributed by atoms with Crippen LogP contribution in [0.2, 0.25) is 5.02 Å². The Kier molecular flexibility index (Phi) is 4.55. The fraction of sp³-hybridized carbons (Fsp3) is 0.222. The lowest BCUT2D eigenvalue weighted by Crippen LogP contribution is -2.40. The molecule has 2 unspecified atom stereocenters. The second-order valence-corrected chi connectivity index (χ2v) is 6.27. The lowest BCUT2D eigenvalue weighted by Gasteiger charge is -2.18. The second-order valence-electron chi connectivity index (χ2n) is 5.83. The SMILES string of the molecule is Cc1cc(Cl)ccc1NC(=O)C(=O)NC1c2ccccc2CC1O. The molecule has 3 rings (SSSR count). The predicted molar refractivity (Wildman–Crippen MR) is 91.9 cm³/mol. The topological polar surface area (TPSA) is 78.4 Å². The summed E-state index contributed by atoms with van der Waals surface area (Å²) >= 11 is 5.87. The van der Waals surface area contributed by atoms with Crippen molar-refractivity contribution in [3.05, 3.63) is 64.2 Å². The molecule has 0 spiro atoms. The first-order chi connectivity index (χ1) is 11.5. The number of benzene rings is 2. The van der Waals surface area contributed by atoms with E-state index < -0.39 is 24.0 Å². The number of amides is 2. The van der Waals surface area contributed by atoms with Crippen LogP contribution in [0.25, 0.3) is 0 Å². The highest BCUT2D eigenvalue weighted by Gasteiger charge is 2.33. The molecule has 124 valence electrons. The standard InChI is InChI=1S/C18H17ClN2O3/c1-10-8-12(19)6-7-14(10)20-17(23)18(24)21-16-13-5-3-2-4-11(13)9-15(16)22/h2-8,15-16,22H,9H2,1H3,(H,20,23)(H,21,24). The summed E-state index contributed by atoms with van der Waals surface area (Å²) in [5, 5.41) is 15.9. The van der Waals surface area contributed by atoms with Crippen molar-refractivity contribution in [3.63, 3.8) is 0 Å². The summed E-state index contributed by atoms with van der Waals surface area (Å²) in [6, 6.07) is 11.9. The van der Waals surface area contributed by atoms with Crippen LogP contribution in [0.3, 0.4) is 0 Å². The van der Waals surface area contributed by atoms with Gasteiger partial charge in [-0.15, -0.1) is 0 Å². The van der Waals surface area contributed by atoms with Crippen LogP contribution < -0.4 is 10.6 Å². The zero-order valence-electron chi connectivity index (χ0n) is 13.0. The van der Waals surface area contributed by atoms with E-state index in [1.807, 2.05) is 24.3 Å². The third kappa shape index (κ3) is 3.27. The largest absolute Gasteiger partial charge is 0.390 e. The number of anilines is 1. The molecule has 3 N–H and O–H groups in total. The van der Waals surface area contributed by atoms with Gasteiger partial charge in [0.2, 0.25) is 0 Å². The Labute approximate surface area is 144 Å². The molecule has 1 aliphatic carbocycles. The number of aryl methyl sites for hydroxylation is 1. The summed E-state index contributed by atoms with van der Waals surface area (Å²) in [6.07, 6.45) is -0.282.